The number of likely N-dealkylation sites (N-methyl/N-ethyl adjacent to an activating group) is 1. The molecule has 0 aliphatic carbocycles. The van der Waals surface area contributed by atoms with Gasteiger partial charge in [-0.15, -0.1) is 23.1 Å². The number of aromatic nitrogens is 5. The molecular weight excluding hydrogens is 563 g/mol. The number of nitrogens with zero attached hydrogens (tertiary/aromatic N) is 7. The van der Waals surface area contributed by atoms with E-state index in [1.165, 1.54) is 4.90 Å². The second-order valence-electron chi connectivity index (χ2n) is 9.69. The van der Waals surface area contributed by atoms with E-state index in [2.05, 4.69) is 73.6 Å². The minimum Gasteiger partial charge on any atom is -0.490 e. The van der Waals surface area contributed by atoms with Gasteiger partial charge in [-0.1, -0.05) is 0 Å². The van der Waals surface area contributed by atoms with Gasteiger partial charge in [0.1, 0.15) is 5.01 Å². The molecule has 4 heterocycles. The van der Waals surface area contributed by atoms with Crippen molar-refractivity contribution in [3.63, 3.8) is 0 Å². The van der Waals surface area contributed by atoms with Gasteiger partial charge >= 0.3 is 0 Å². The fourth-order valence-electron chi connectivity index (χ4n) is 4.26. The van der Waals surface area contributed by atoms with Gasteiger partial charge in [0.05, 0.1) is 12.9 Å². The van der Waals surface area contributed by atoms with Gasteiger partial charge in [0.2, 0.25) is 5.75 Å². The van der Waals surface area contributed by atoms with Crippen molar-refractivity contribution in [2.45, 2.75) is 27.6 Å². The van der Waals surface area contributed by atoms with Crippen LogP contribution < -0.4 is 15.0 Å². The molecule has 2 N–H and O–H groups in total. The molecule has 0 spiro atoms. The SMILES string of the molecule is COc1c(Nc2cc(C)[nH]n2)nc(Sc2ccc(SCc3nccs3)cc2)nc1N1CCN(CCN(C)C)CC1. The number of aryl methyl sites for hydroxylation is 1. The minimum atomic E-state index is 0.604. The molecule has 0 saturated carbocycles. The lowest BCUT2D eigenvalue weighted by Gasteiger charge is -2.36. The summed E-state index contributed by atoms with van der Waals surface area (Å²) in [6.07, 6.45) is 1.85. The molecule has 10 nitrogen and oxygen atoms in total. The van der Waals surface area contributed by atoms with Crippen molar-refractivity contribution in [3.05, 3.63) is 52.6 Å². The Morgan fingerprint density at radius 3 is 2.52 bits per heavy atom. The summed E-state index contributed by atoms with van der Waals surface area (Å²) in [5.41, 5.74) is 0.965. The number of thioether (sulfide) groups is 1. The predicted molar refractivity (Wildman–Crippen MR) is 165 cm³/mol. The van der Waals surface area contributed by atoms with E-state index < -0.39 is 0 Å². The number of piperazine rings is 1. The van der Waals surface area contributed by atoms with Crippen LogP contribution in [0.1, 0.15) is 10.7 Å². The summed E-state index contributed by atoms with van der Waals surface area (Å²) >= 11 is 5.02. The standard InChI is InChI=1S/C27H35N9OS3/c1-19-17-22(33-32-19)29-25-24(37-4)26(36-14-12-35(13-15-36)11-10-34(2)3)31-27(30-25)40-21-7-5-20(6-8-21)39-18-23-28-9-16-38-23/h5-9,16-17H,10-15,18H2,1-4H3,(H2,29,30,31,32,33). The maximum absolute atomic E-state index is 5.89. The van der Waals surface area contributed by atoms with Crippen LogP contribution in [-0.2, 0) is 5.75 Å². The number of aromatic amines is 1. The summed E-state index contributed by atoms with van der Waals surface area (Å²) in [6, 6.07) is 10.5. The van der Waals surface area contributed by atoms with Crippen LogP contribution in [0.15, 0.2) is 56.9 Å². The highest BCUT2D eigenvalue weighted by atomic mass is 32.2. The third kappa shape index (κ3) is 7.67. The highest BCUT2D eigenvalue weighted by molar-refractivity contribution is 7.99. The van der Waals surface area contributed by atoms with E-state index in [0.29, 0.717) is 22.5 Å². The summed E-state index contributed by atoms with van der Waals surface area (Å²) in [7, 11) is 5.91. The minimum absolute atomic E-state index is 0.604. The molecular formula is C27H35N9OS3. The molecule has 0 amide bonds. The van der Waals surface area contributed by atoms with Crippen LogP contribution in [0.5, 0.6) is 5.75 Å². The molecule has 1 fully saturated rings. The Labute approximate surface area is 247 Å². The van der Waals surface area contributed by atoms with Crippen LogP contribution >= 0.6 is 34.9 Å². The molecule has 0 radical (unpaired) electrons. The van der Waals surface area contributed by atoms with E-state index >= 15 is 0 Å². The maximum Gasteiger partial charge on any atom is 0.204 e. The fraction of sp³-hybridized carbons (Fsp3) is 0.407. The molecule has 1 saturated heterocycles. The third-order valence-corrected chi connectivity index (χ3v) is 9.26. The Morgan fingerprint density at radius 1 is 1.10 bits per heavy atom. The summed E-state index contributed by atoms with van der Waals surface area (Å²) in [5, 5.41) is 14.5. The number of methoxy groups -OCH3 is 1. The first-order valence-corrected chi connectivity index (χ1v) is 15.8. The van der Waals surface area contributed by atoms with E-state index in [0.717, 1.165) is 66.4 Å². The van der Waals surface area contributed by atoms with Gasteiger partial charge in [-0.25, -0.2) is 15.0 Å². The summed E-state index contributed by atoms with van der Waals surface area (Å²) < 4.78 is 5.89. The molecule has 13 heteroatoms. The fourth-order valence-corrected chi connectivity index (χ4v) is 6.55. The Balaban J connectivity index is 1.35. The predicted octanol–water partition coefficient (Wildman–Crippen LogP) is 4.84. The van der Waals surface area contributed by atoms with Gasteiger partial charge in [-0.2, -0.15) is 5.10 Å². The lowest BCUT2D eigenvalue weighted by Crippen LogP contribution is -2.48. The van der Waals surface area contributed by atoms with Crippen molar-refractivity contribution in [1.29, 1.82) is 0 Å². The molecule has 212 valence electrons. The van der Waals surface area contributed by atoms with Gasteiger partial charge in [-0.3, -0.25) is 10.00 Å². The number of nitrogens with one attached hydrogen (secondary N) is 2. The second kappa shape index (κ2) is 13.7. The molecule has 0 unspecified atom stereocenters. The topological polar surface area (TPSA) is 98.3 Å². The number of benzene rings is 1. The maximum atomic E-state index is 5.89. The van der Waals surface area contributed by atoms with Crippen molar-refractivity contribution in [2.75, 3.05) is 70.7 Å². The van der Waals surface area contributed by atoms with Gasteiger partial charge in [0.15, 0.2) is 22.6 Å². The molecule has 40 heavy (non-hydrogen) atoms. The van der Waals surface area contributed by atoms with Crippen molar-refractivity contribution in [3.8, 4) is 5.75 Å². The molecule has 1 aliphatic heterocycles. The number of thiazole rings is 1. The van der Waals surface area contributed by atoms with E-state index in [9.17, 15) is 0 Å². The molecule has 1 aromatic carbocycles. The number of hydrogen-bond donors (Lipinski definition) is 2. The van der Waals surface area contributed by atoms with Crippen LogP contribution in [0.25, 0.3) is 0 Å². The van der Waals surface area contributed by atoms with Crippen molar-refractivity contribution < 1.29 is 4.74 Å². The van der Waals surface area contributed by atoms with E-state index in [-0.39, 0.29) is 0 Å². The Hall–Kier alpha value is -2.84. The smallest absolute Gasteiger partial charge is 0.204 e. The van der Waals surface area contributed by atoms with Gasteiger partial charge in [-0.05, 0) is 57.0 Å². The first-order valence-electron chi connectivity index (χ1n) is 13.1. The average Bonchev–Trinajstić information content (AvgIpc) is 3.63. The molecule has 0 atom stereocenters. The van der Waals surface area contributed by atoms with Crippen LogP contribution in [0.3, 0.4) is 0 Å². The monoisotopic (exact) mass is 597 g/mol. The zero-order chi connectivity index (χ0) is 27.9. The highest BCUT2D eigenvalue weighted by Crippen LogP contribution is 2.38. The molecule has 0 bridgehead atoms. The van der Waals surface area contributed by atoms with Crippen LogP contribution in [0.2, 0.25) is 0 Å². The number of H-pyrrole nitrogens is 1. The Morgan fingerprint density at radius 2 is 1.88 bits per heavy atom. The summed E-state index contributed by atoms with van der Waals surface area (Å²) in [6.45, 7) is 7.78. The lowest BCUT2D eigenvalue weighted by molar-refractivity contribution is 0.228. The molecule has 4 aromatic rings. The van der Waals surface area contributed by atoms with Crippen molar-refractivity contribution >= 4 is 52.3 Å². The number of ether oxygens (including phenoxy) is 1. The van der Waals surface area contributed by atoms with Gasteiger partial charge in [0.25, 0.3) is 0 Å². The molecule has 3 aromatic heterocycles. The zero-order valence-corrected chi connectivity index (χ0v) is 25.7. The van der Waals surface area contributed by atoms with Crippen molar-refractivity contribution in [2.24, 2.45) is 0 Å². The van der Waals surface area contributed by atoms with Crippen LogP contribution in [0.4, 0.5) is 17.5 Å². The largest absolute Gasteiger partial charge is 0.490 e. The quantitative estimate of drug-likeness (QED) is 0.173. The van der Waals surface area contributed by atoms with E-state index in [1.807, 2.05) is 24.6 Å². The van der Waals surface area contributed by atoms with Gasteiger partial charge < -0.3 is 19.9 Å². The van der Waals surface area contributed by atoms with Crippen LogP contribution in [0, 0.1) is 6.92 Å². The first kappa shape index (κ1) is 28.7. The van der Waals surface area contributed by atoms with Crippen molar-refractivity contribution in [1.82, 2.24) is 34.9 Å². The number of hydrogen-bond acceptors (Lipinski definition) is 12. The highest BCUT2D eigenvalue weighted by Gasteiger charge is 2.25. The first-order chi connectivity index (χ1) is 19.5. The van der Waals surface area contributed by atoms with Gasteiger partial charge in [0, 0.05) is 72.4 Å². The molecule has 1 aliphatic rings. The Kier molecular flexibility index (Phi) is 9.81. The third-order valence-electron chi connectivity index (χ3n) is 6.40. The lowest BCUT2D eigenvalue weighted by atomic mass is 10.3. The average molecular weight is 598 g/mol. The number of rotatable bonds is 12. The Bertz CT molecular complexity index is 1350. The van der Waals surface area contributed by atoms with Crippen LogP contribution in [-0.4, -0.2) is 95.4 Å². The zero-order valence-electron chi connectivity index (χ0n) is 23.3. The molecule has 5 rings (SSSR count). The summed E-state index contributed by atoms with van der Waals surface area (Å²) in [5.74, 6) is 3.59. The summed E-state index contributed by atoms with van der Waals surface area (Å²) in [4.78, 5) is 23.6. The normalized spacial score (nSPS) is 14.2. The van der Waals surface area contributed by atoms with E-state index in [4.69, 9.17) is 14.7 Å². The number of anilines is 3. The second-order valence-corrected chi connectivity index (χ2v) is 12.8. The van der Waals surface area contributed by atoms with E-state index in [1.54, 1.807) is 42.0 Å².